The molecule has 0 aromatic carbocycles. The van der Waals surface area contributed by atoms with Crippen LogP contribution in [0, 0.1) is 12.8 Å². The summed E-state index contributed by atoms with van der Waals surface area (Å²) in [4.78, 5) is 0. The second-order valence-electron chi connectivity index (χ2n) is 4.19. The van der Waals surface area contributed by atoms with Crippen molar-refractivity contribution in [2.45, 2.75) is 45.6 Å². The van der Waals surface area contributed by atoms with Crippen LogP contribution < -0.4 is 5.32 Å². The number of nitrogens with zero attached hydrogens (tertiary/aromatic N) is 2. The Bertz CT molecular complexity index is 293. The van der Waals surface area contributed by atoms with Crippen molar-refractivity contribution in [3.63, 3.8) is 0 Å². The summed E-state index contributed by atoms with van der Waals surface area (Å²) in [6.07, 6.45) is 5.52. The van der Waals surface area contributed by atoms with Gasteiger partial charge in [-0.25, -0.2) is 0 Å². The van der Waals surface area contributed by atoms with E-state index in [1.807, 2.05) is 6.92 Å². The Labute approximate surface area is 88.9 Å². The molecule has 0 amide bonds. The lowest BCUT2D eigenvalue weighted by atomic mass is 10.1. The molecule has 14 heavy (non-hydrogen) atoms. The maximum Gasteiger partial charge on any atom is 0.205 e. The van der Waals surface area contributed by atoms with E-state index < -0.39 is 0 Å². The van der Waals surface area contributed by atoms with Gasteiger partial charge in [0, 0.05) is 6.04 Å². The van der Waals surface area contributed by atoms with E-state index in [-0.39, 0.29) is 0 Å². The Morgan fingerprint density at radius 2 is 2.29 bits per heavy atom. The molecule has 1 saturated carbocycles. The van der Waals surface area contributed by atoms with E-state index in [1.54, 1.807) is 11.3 Å². The summed E-state index contributed by atoms with van der Waals surface area (Å²) in [6.45, 7) is 4.21. The average Bonchev–Trinajstić information content (AvgIpc) is 2.88. The summed E-state index contributed by atoms with van der Waals surface area (Å²) >= 11 is 1.63. The fourth-order valence-corrected chi connectivity index (χ4v) is 2.23. The van der Waals surface area contributed by atoms with Gasteiger partial charge in [0.1, 0.15) is 5.01 Å². The molecule has 1 heterocycles. The summed E-state index contributed by atoms with van der Waals surface area (Å²) in [5.74, 6) is 1.02. The van der Waals surface area contributed by atoms with Gasteiger partial charge >= 0.3 is 0 Å². The highest BCUT2D eigenvalue weighted by atomic mass is 32.1. The van der Waals surface area contributed by atoms with Crippen molar-refractivity contribution in [3.05, 3.63) is 5.01 Å². The molecule has 1 aliphatic carbocycles. The van der Waals surface area contributed by atoms with Gasteiger partial charge in [0.05, 0.1) is 0 Å². The lowest BCUT2D eigenvalue weighted by molar-refractivity contribution is 0.609. The molecule has 1 aromatic rings. The minimum absolute atomic E-state index is 0.531. The van der Waals surface area contributed by atoms with Gasteiger partial charge in [-0.15, -0.1) is 10.2 Å². The van der Waals surface area contributed by atoms with Gasteiger partial charge < -0.3 is 5.32 Å². The first-order chi connectivity index (χ1) is 6.74. The Hall–Kier alpha value is -0.640. The molecule has 4 heteroatoms. The number of hydrogen-bond acceptors (Lipinski definition) is 4. The van der Waals surface area contributed by atoms with Crippen molar-refractivity contribution in [3.8, 4) is 0 Å². The van der Waals surface area contributed by atoms with Crippen LogP contribution in [0.3, 0.4) is 0 Å². The summed E-state index contributed by atoms with van der Waals surface area (Å²) in [5, 5.41) is 13.4. The number of aryl methyl sites for hydroxylation is 1. The Kier molecular flexibility index (Phi) is 3.01. The molecule has 1 N–H and O–H groups in total. The second kappa shape index (κ2) is 4.26. The minimum atomic E-state index is 0.531. The zero-order valence-electron chi connectivity index (χ0n) is 8.79. The molecule has 1 atom stereocenters. The van der Waals surface area contributed by atoms with Gasteiger partial charge in [0.25, 0.3) is 0 Å². The third-order valence-electron chi connectivity index (χ3n) is 2.60. The molecular formula is C10H17N3S. The largest absolute Gasteiger partial charge is 0.358 e. The Morgan fingerprint density at radius 3 is 2.86 bits per heavy atom. The van der Waals surface area contributed by atoms with Crippen molar-refractivity contribution < 1.29 is 0 Å². The van der Waals surface area contributed by atoms with Crippen molar-refractivity contribution in [2.24, 2.45) is 5.92 Å². The smallest absolute Gasteiger partial charge is 0.205 e. The third-order valence-corrected chi connectivity index (χ3v) is 3.37. The number of nitrogens with one attached hydrogen (secondary N) is 1. The first-order valence-electron chi connectivity index (χ1n) is 5.30. The van der Waals surface area contributed by atoms with Gasteiger partial charge in [-0.3, -0.25) is 0 Å². The molecule has 0 spiro atoms. The van der Waals surface area contributed by atoms with Crippen molar-refractivity contribution in [1.29, 1.82) is 0 Å². The van der Waals surface area contributed by atoms with Crippen molar-refractivity contribution >= 4 is 16.5 Å². The topological polar surface area (TPSA) is 37.8 Å². The van der Waals surface area contributed by atoms with Crippen LogP contribution in [0.1, 0.15) is 37.6 Å². The van der Waals surface area contributed by atoms with Gasteiger partial charge in [-0.05, 0) is 32.6 Å². The predicted molar refractivity (Wildman–Crippen MR) is 59.7 cm³/mol. The standard InChI is InChI=1S/C10H17N3S/c1-7(3-4-9-5-6-9)11-10-13-12-8(2)14-10/h7,9H,3-6H2,1-2H3,(H,11,13). The molecular weight excluding hydrogens is 194 g/mol. The van der Waals surface area contributed by atoms with Crippen LogP contribution in [-0.4, -0.2) is 16.2 Å². The van der Waals surface area contributed by atoms with Crippen LogP contribution in [-0.2, 0) is 0 Å². The first-order valence-corrected chi connectivity index (χ1v) is 6.12. The summed E-state index contributed by atoms with van der Waals surface area (Å²) in [6, 6.07) is 0.531. The molecule has 0 saturated heterocycles. The van der Waals surface area contributed by atoms with E-state index in [9.17, 15) is 0 Å². The van der Waals surface area contributed by atoms with Crippen LogP contribution in [0.15, 0.2) is 0 Å². The van der Waals surface area contributed by atoms with Gasteiger partial charge in [-0.2, -0.15) is 0 Å². The molecule has 78 valence electrons. The fourth-order valence-electron chi connectivity index (χ4n) is 1.53. The van der Waals surface area contributed by atoms with Gasteiger partial charge in [0.15, 0.2) is 0 Å². The molecule has 1 unspecified atom stereocenters. The van der Waals surface area contributed by atoms with E-state index >= 15 is 0 Å². The summed E-state index contributed by atoms with van der Waals surface area (Å²) < 4.78 is 0. The normalized spacial score (nSPS) is 18.1. The van der Waals surface area contributed by atoms with Crippen LogP contribution in [0.4, 0.5) is 5.13 Å². The lowest BCUT2D eigenvalue weighted by Gasteiger charge is -2.11. The van der Waals surface area contributed by atoms with Crippen LogP contribution in [0.5, 0.6) is 0 Å². The fraction of sp³-hybridized carbons (Fsp3) is 0.800. The molecule has 0 bridgehead atoms. The highest BCUT2D eigenvalue weighted by molar-refractivity contribution is 7.15. The molecule has 0 aliphatic heterocycles. The minimum Gasteiger partial charge on any atom is -0.358 e. The second-order valence-corrected chi connectivity index (χ2v) is 5.37. The van der Waals surface area contributed by atoms with E-state index in [1.165, 1.54) is 25.7 Å². The maximum absolute atomic E-state index is 4.06. The van der Waals surface area contributed by atoms with Gasteiger partial charge in [0.2, 0.25) is 5.13 Å². The predicted octanol–water partition coefficient (Wildman–Crippen LogP) is 2.84. The van der Waals surface area contributed by atoms with Crippen LogP contribution in [0.2, 0.25) is 0 Å². The van der Waals surface area contributed by atoms with E-state index in [4.69, 9.17) is 0 Å². The molecule has 0 radical (unpaired) electrons. The summed E-state index contributed by atoms with van der Waals surface area (Å²) in [5.41, 5.74) is 0. The highest BCUT2D eigenvalue weighted by Gasteiger charge is 2.21. The van der Waals surface area contributed by atoms with Gasteiger partial charge in [-0.1, -0.05) is 24.2 Å². The van der Waals surface area contributed by atoms with E-state index in [2.05, 4.69) is 22.4 Å². The molecule has 1 aromatic heterocycles. The van der Waals surface area contributed by atoms with Crippen molar-refractivity contribution in [2.75, 3.05) is 5.32 Å². The highest BCUT2D eigenvalue weighted by Crippen LogP contribution is 2.34. The molecule has 3 nitrogen and oxygen atoms in total. The van der Waals surface area contributed by atoms with E-state index in [0.29, 0.717) is 6.04 Å². The third kappa shape index (κ3) is 2.94. The first kappa shape index (κ1) is 9.90. The van der Waals surface area contributed by atoms with E-state index in [0.717, 1.165) is 16.1 Å². The van der Waals surface area contributed by atoms with Crippen molar-refractivity contribution in [1.82, 2.24) is 10.2 Å². The quantitative estimate of drug-likeness (QED) is 0.813. The maximum atomic E-state index is 4.06. The van der Waals surface area contributed by atoms with Crippen LogP contribution in [0.25, 0.3) is 0 Å². The molecule has 2 rings (SSSR count). The zero-order chi connectivity index (χ0) is 9.97. The number of hydrogen-bond donors (Lipinski definition) is 1. The lowest BCUT2D eigenvalue weighted by Crippen LogP contribution is -2.14. The average molecular weight is 211 g/mol. The molecule has 1 fully saturated rings. The SMILES string of the molecule is Cc1nnc(NC(C)CCC2CC2)s1. The monoisotopic (exact) mass is 211 g/mol. The Balaban J connectivity index is 1.72. The summed E-state index contributed by atoms with van der Waals surface area (Å²) in [7, 11) is 0. The number of anilines is 1. The molecule has 1 aliphatic rings. The Morgan fingerprint density at radius 1 is 1.50 bits per heavy atom. The number of rotatable bonds is 5. The number of aromatic nitrogens is 2. The zero-order valence-corrected chi connectivity index (χ0v) is 9.60. The van der Waals surface area contributed by atoms with Crippen LogP contribution >= 0.6 is 11.3 Å².